The fourth-order valence-corrected chi connectivity index (χ4v) is 3.91. The molecule has 2 nitrogen and oxygen atoms in total. The first-order valence-electron chi connectivity index (χ1n) is 10.1. The molecule has 0 spiro atoms. The summed E-state index contributed by atoms with van der Waals surface area (Å²) in [7, 11) is 0. The van der Waals surface area contributed by atoms with Crippen LogP contribution in [0.4, 0.5) is 11.4 Å². The number of halogens is 1. The minimum atomic E-state index is 0.573. The first-order chi connectivity index (χ1) is 15.3. The maximum Gasteiger partial charge on any atom is 0.0817 e. The minimum Gasteiger partial charge on any atom is -0.256 e. The van der Waals surface area contributed by atoms with E-state index in [1.807, 2.05) is 67.0 Å². The average molecular weight is 419 g/mol. The molecule has 0 unspecified atom stereocenters. The standard InChI is InChI=1S/C28H19ClN2/c29-27-17-24(30-18-22-11-5-9-20-7-1-3-13-25(20)22)15-16-28(27)31-19-23-12-6-10-21-8-2-4-14-26(21)23/h1-19H. The first kappa shape index (κ1) is 19.2. The predicted molar refractivity (Wildman–Crippen MR) is 134 cm³/mol. The molecule has 0 radical (unpaired) electrons. The van der Waals surface area contributed by atoms with Crippen LogP contribution in [0.5, 0.6) is 0 Å². The van der Waals surface area contributed by atoms with Gasteiger partial charge in [-0.3, -0.25) is 9.98 Å². The fourth-order valence-electron chi connectivity index (χ4n) is 3.69. The van der Waals surface area contributed by atoms with Crippen LogP contribution < -0.4 is 0 Å². The molecule has 148 valence electrons. The topological polar surface area (TPSA) is 24.7 Å². The van der Waals surface area contributed by atoms with Crippen molar-refractivity contribution in [2.75, 3.05) is 0 Å². The van der Waals surface area contributed by atoms with Crippen molar-refractivity contribution < 1.29 is 0 Å². The largest absolute Gasteiger partial charge is 0.256 e. The van der Waals surface area contributed by atoms with Gasteiger partial charge in [-0.15, -0.1) is 0 Å². The summed E-state index contributed by atoms with van der Waals surface area (Å²) in [6, 6.07) is 34.7. The number of rotatable bonds is 4. The van der Waals surface area contributed by atoms with Crippen LogP contribution in [0.15, 0.2) is 113 Å². The van der Waals surface area contributed by atoms with Gasteiger partial charge in [-0.25, -0.2) is 0 Å². The summed E-state index contributed by atoms with van der Waals surface area (Å²) in [5, 5.41) is 5.31. The molecule has 0 aromatic heterocycles. The molecule has 0 saturated carbocycles. The highest BCUT2D eigenvalue weighted by Gasteiger charge is 2.02. The van der Waals surface area contributed by atoms with Crippen molar-refractivity contribution in [1.29, 1.82) is 0 Å². The van der Waals surface area contributed by atoms with Crippen molar-refractivity contribution in [3.05, 3.63) is 119 Å². The van der Waals surface area contributed by atoms with Gasteiger partial charge in [0.1, 0.15) is 0 Å². The van der Waals surface area contributed by atoms with Crippen molar-refractivity contribution in [2.24, 2.45) is 9.98 Å². The molecular weight excluding hydrogens is 400 g/mol. The Morgan fingerprint density at radius 1 is 0.548 bits per heavy atom. The molecule has 0 amide bonds. The Morgan fingerprint density at radius 2 is 1.10 bits per heavy atom. The van der Waals surface area contributed by atoms with Gasteiger partial charge in [0.25, 0.3) is 0 Å². The summed E-state index contributed by atoms with van der Waals surface area (Å²) < 4.78 is 0. The van der Waals surface area contributed by atoms with Gasteiger partial charge in [-0.2, -0.15) is 0 Å². The number of hydrogen-bond donors (Lipinski definition) is 0. The van der Waals surface area contributed by atoms with Gasteiger partial charge in [0, 0.05) is 23.6 Å². The zero-order chi connectivity index (χ0) is 21.0. The molecule has 5 rings (SSSR count). The number of aliphatic imine (C=N–C) groups is 2. The van der Waals surface area contributed by atoms with Gasteiger partial charge in [0.2, 0.25) is 0 Å². The summed E-state index contributed by atoms with van der Waals surface area (Å²) in [6.45, 7) is 0. The van der Waals surface area contributed by atoms with Crippen molar-refractivity contribution in [3.63, 3.8) is 0 Å². The maximum atomic E-state index is 6.50. The van der Waals surface area contributed by atoms with E-state index < -0.39 is 0 Å². The Kier molecular flexibility index (Phi) is 5.30. The summed E-state index contributed by atoms with van der Waals surface area (Å²) in [4.78, 5) is 9.24. The first-order valence-corrected chi connectivity index (χ1v) is 10.5. The van der Waals surface area contributed by atoms with Crippen LogP contribution in [0.25, 0.3) is 21.5 Å². The van der Waals surface area contributed by atoms with E-state index in [2.05, 4.69) is 58.5 Å². The fraction of sp³-hybridized carbons (Fsp3) is 0. The molecule has 0 bridgehead atoms. The Morgan fingerprint density at radius 3 is 1.71 bits per heavy atom. The van der Waals surface area contributed by atoms with E-state index in [0.717, 1.165) is 22.5 Å². The second-order valence-corrected chi connectivity index (χ2v) is 7.70. The van der Waals surface area contributed by atoms with E-state index in [1.165, 1.54) is 21.5 Å². The van der Waals surface area contributed by atoms with Crippen molar-refractivity contribution >= 4 is 56.9 Å². The molecule has 0 atom stereocenters. The maximum absolute atomic E-state index is 6.50. The van der Waals surface area contributed by atoms with E-state index >= 15 is 0 Å². The highest BCUT2D eigenvalue weighted by Crippen LogP contribution is 2.30. The molecule has 0 fully saturated rings. The second-order valence-electron chi connectivity index (χ2n) is 7.29. The number of benzene rings is 5. The molecule has 0 aliphatic heterocycles. The van der Waals surface area contributed by atoms with Crippen LogP contribution in [-0.4, -0.2) is 12.4 Å². The lowest BCUT2D eigenvalue weighted by Gasteiger charge is -2.03. The van der Waals surface area contributed by atoms with E-state index in [-0.39, 0.29) is 0 Å². The van der Waals surface area contributed by atoms with Crippen LogP contribution in [0, 0.1) is 0 Å². The lowest BCUT2D eigenvalue weighted by molar-refractivity contribution is 1.48. The average Bonchev–Trinajstić information content (AvgIpc) is 2.82. The molecule has 0 N–H and O–H groups in total. The number of nitrogens with zero attached hydrogens (tertiary/aromatic N) is 2. The van der Waals surface area contributed by atoms with E-state index in [1.54, 1.807) is 0 Å². The summed E-state index contributed by atoms with van der Waals surface area (Å²) in [5.41, 5.74) is 3.65. The van der Waals surface area contributed by atoms with Gasteiger partial charge in [-0.05, 0) is 39.7 Å². The Hall–Kier alpha value is -3.75. The third kappa shape index (κ3) is 4.11. The molecule has 5 aromatic carbocycles. The Balaban J connectivity index is 1.41. The lowest BCUT2D eigenvalue weighted by atomic mass is 10.1. The van der Waals surface area contributed by atoms with Crippen molar-refractivity contribution in [1.82, 2.24) is 0 Å². The molecular formula is C28H19ClN2. The lowest BCUT2D eigenvalue weighted by Crippen LogP contribution is -1.84. The quantitative estimate of drug-likeness (QED) is 0.263. The summed E-state index contributed by atoms with van der Waals surface area (Å²) in [6.07, 6.45) is 3.75. The van der Waals surface area contributed by atoms with Crippen molar-refractivity contribution in [2.45, 2.75) is 0 Å². The van der Waals surface area contributed by atoms with Gasteiger partial charge in [0.05, 0.1) is 16.4 Å². The zero-order valence-corrected chi connectivity index (χ0v) is 17.5. The van der Waals surface area contributed by atoms with Gasteiger partial charge < -0.3 is 0 Å². The van der Waals surface area contributed by atoms with Gasteiger partial charge in [0.15, 0.2) is 0 Å². The Labute approximate surface area is 186 Å². The zero-order valence-electron chi connectivity index (χ0n) is 16.7. The van der Waals surface area contributed by atoms with Crippen LogP contribution in [0.1, 0.15) is 11.1 Å². The predicted octanol–water partition coefficient (Wildman–Crippen LogP) is 8.15. The highest BCUT2D eigenvalue weighted by atomic mass is 35.5. The second kappa shape index (κ2) is 8.55. The van der Waals surface area contributed by atoms with E-state index in [0.29, 0.717) is 5.02 Å². The molecule has 31 heavy (non-hydrogen) atoms. The molecule has 0 aliphatic carbocycles. The summed E-state index contributed by atoms with van der Waals surface area (Å²) >= 11 is 6.50. The number of hydrogen-bond acceptors (Lipinski definition) is 2. The van der Waals surface area contributed by atoms with E-state index in [4.69, 9.17) is 11.6 Å². The third-order valence-electron chi connectivity index (χ3n) is 5.27. The molecule has 3 heteroatoms. The minimum absolute atomic E-state index is 0.573. The Bertz CT molecular complexity index is 1440. The molecule has 0 aliphatic rings. The highest BCUT2D eigenvalue weighted by molar-refractivity contribution is 6.33. The van der Waals surface area contributed by atoms with E-state index in [9.17, 15) is 0 Å². The van der Waals surface area contributed by atoms with Crippen LogP contribution in [-0.2, 0) is 0 Å². The number of fused-ring (bicyclic) bond motifs is 2. The van der Waals surface area contributed by atoms with Crippen LogP contribution in [0.3, 0.4) is 0 Å². The third-order valence-corrected chi connectivity index (χ3v) is 5.58. The SMILES string of the molecule is Clc1cc(N=Cc2cccc3ccccc23)ccc1N=Cc1cccc2ccccc12. The van der Waals surface area contributed by atoms with Gasteiger partial charge >= 0.3 is 0 Å². The molecule has 0 saturated heterocycles. The summed E-state index contributed by atoms with van der Waals surface area (Å²) in [5.74, 6) is 0. The monoisotopic (exact) mass is 418 g/mol. The van der Waals surface area contributed by atoms with Crippen LogP contribution >= 0.6 is 11.6 Å². The van der Waals surface area contributed by atoms with Gasteiger partial charge in [-0.1, -0.05) is 96.5 Å². The van der Waals surface area contributed by atoms with Crippen LogP contribution in [0.2, 0.25) is 5.02 Å². The molecule has 0 heterocycles. The smallest absolute Gasteiger partial charge is 0.0817 e. The molecule has 5 aromatic rings. The normalized spacial score (nSPS) is 11.8. The van der Waals surface area contributed by atoms with Crippen molar-refractivity contribution in [3.8, 4) is 0 Å².